The summed E-state index contributed by atoms with van der Waals surface area (Å²) in [6.07, 6.45) is 4.17. The van der Waals surface area contributed by atoms with Crippen LogP contribution in [0.1, 0.15) is 30.9 Å². The van der Waals surface area contributed by atoms with Crippen LogP contribution in [0.2, 0.25) is 5.02 Å². The van der Waals surface area contributed by atoms with Gasteiger partial charge in [-0.2, -0.15) is 0 Å². The van der Waals surface area contributed by atoms with Gasteiger partial charge in [-0.15, -0.1) is 0 Å². The van der Waals surface area contributed by atoms with Crippen molar-refractivity contribution < 1.29 is 0 Å². The van der Waals surface area contributed by atoms with Gasteiger partial charge >= 0.3 is 0 Å². The first kappa shape index (κ1) is 12.5. The molecule has 0 bridgehead atoms. The van der Waals surface area contributed by atoms with Crippen molar-refractivity contribution in [3.63, 3.8) is 0 Å². The van der Waals surface area contributed by atoms with Gasteiger partial charge in [0.05, 0.1) is 0 Å². The zero-order valence-corrected chi connectivity index (χ0v) is 11.5. The molecule has 1 N–H and O–H groups in total. The van der Waals surface area contributed by atoms with Crippen LogP contribution in [-0.2, 0) is 0 Å². The summed E-state index contributed by atoms with van der Waals surface area (Å²) >= 11 is 6.00. The Kier molecular flexibility index (Phi) is 3.88. The SMILES string of the molecule is Clc1ccc([C@@H](CC2CC2)N2CCNCC2)cc1. The highest BCUT2D eigenvalue weighted by molar-refractivity contribution is 6.30. The van der Waals surface area contributed by atoms with Crippen LogP contribution in [0.15, 0.2) is 24.3 Å². The van der Waals surface area contributed by atoms with E-state index in [1.54, 1.807) is 0 Å². The molecule has 18 heavy (non-hydrogen) atoms. The Balaban J connectivity index is 1.76. The summed E-state index contributed by atoms with van der Waals surface area (Å²) < 4.78 is 0. The van der Waals surface area contributed by atoms with Crippen LogP contribution in [0.5, 0.6) is 0 Å². The van der Waals surface area contributed by atoms with Crippen LogP contribution in [-0.4, -0.2) is 31.1 Å². The number of nitrogens with zero attached hydrogens (tertiary/aromatic N) is 1. The van der Waals surface area contributed by atoms with E-state index in [9.17, 15) is 0 Å². The van der Waals surface area contributed by atoms with Crippen molar-refractivity contribution in [3.05, 3.63) is 34.9 Å². The van der Waals surface area contributed by atoms with Crippen LogP contribution in [0.25, 0.3) is 0 Å². The van der Waals surface area contributed by atoms with E-state index >= 15 is 0 Å². The average molecular weight is 265 g/mol. The van der Waals surface area contributed by atoms with Crippen molar-refractivity contribution in [2.75, 3.05) is 26.2 Å². The summed E-state index contributed by atoms with van der Waals surface area (Å²) in [6, 6.07) is 9.06. The first-order valence-corrected chi connectivity index (χ1v) is 7.41. The van der Waals surface area contributed by atoms with Gasteiger partial charge in [-0.3, -0.25) is 4.90 Å². The monoisotopic (exact) mass is 264 g/mol. The highest BCUT2D eigenvalue weighted by atomic mass is 35.5. The Morgan fingerprint density at radius 2 is 1.83 bits per heavy atom. The van der Waals surface area contributed by atoms with Gasteiger partial charge in [0.1, 0.15) is 0 Å². The predicted octanol–water partition coefficient (Wildman–Crippen LogP) is 3.09. The lowest BCUT2D eigenvalue weighted by atomic mass is 9.99. The van der Waals surface area contributed by atoms with Crippen LogP contribution >= 0.6 is 11.6 Å². The fourth-order valence-electron chi connectivity index (χ4n) is 2.84. The summed E-state index contributed by atoms with van der Waals surface area (Å²) in [5.41, 5.74) is 1.44. The Bertz CT molecular complexity index is 380. The molecule has 1 aromatic carbocycles. The highest BCUT2D eigenvalue weighted by Crippen LogP contribution is 2.40. The summed E-state index contributed by atoms with van der Waals surface area (Å²) in [6.45, 7) is 4.57. The number of nitrogens with one attached hydrogen (secondary N) is 1. The van der Waals surface area contributed by atoms with Gasteiger partial charge in [0.2, 0.25) is 0 Å². The summed E-state index contributed by atoms with van der Waals surface area (Å²) in [7, 11) is 0. The number of hydrogen-bond acceptors (Lipinski definition) is 2. The molecule has 1 saturated carbocycles. The summed E-state index contributed by atoms with van der Waals surface area (Å²) in [5.74, 6) is 0.959. The molecule has 2 aliphatic rings. The van der Waals surface area contributed by atoms with Crippen molar-refractivity contribution in [1.29, 1.82) is 0 Å². The highest BCUT2D eigenvalue weighted by Gasteiger charge is 2.30. The van der Waals surface area contributed by atoms with Crippen molar-refractivity contribution in [3.8, 4) is 0 Å². The maximum atomic E-state index is 6.00. The topological polar surface area (TPSA) is 15.3 Å². The Hall–Kier alpha value is -0.570. The zero-order chi connectivity index (χ0) is 12.4. The van der Waals surface area contributed by atoms with Crippen LogP contribution < -0.4 is 5.32 Å². The molecule has 2 fully saturated rings. The molecule has 1 aliphatic heterocycles. The van der Waals surface area contributed by atoms with E-state index in [1.807, 2.05) is 12.1 Å². The second-order valence-corrected chi connectivity index (χ2v) is 5.97. The third kappa shape index (κ3) is 3.05. The van der Waals surface area contributed by atoms with E-state index in [0.717, 1.165) is 24.0 Å². The molecule has 2 nitrogen and oxygen atoms in total. The fourth-order valence-corrected chi connectivity index (χ4v) is 2.97. The molecular formula is C15H21ClN2. The van der Waals surface area contributed by atoms with E-state index in [1.165, 1.54) is 37.9 Å². The third-order valence-corrected chi connectivity index (χ3v) is 4.35. The molecule has 98 valence electrons. The van der Waals surface area contributed by atoms with Crippen LogP contribution in [0, 0.1) is 5.92 Å². The quantitative estimate of drug-likeness (QED) is 0.899. The van der Waals surface area contributed by atoms with Gasteiger partial charge < -0.3 is 5.32 Å². The van der Waals surface area contributed by atoms with E-state index in [4.69, 9.17) is 11.6 Å². The second kappa shape index (κ2) is 5.60. The Morgan fingerprint density at radius 1 is 1.17 bits per heavy atom. The molecule has 3 heteroatoms. The van der Waals surface area contributed by atoms with Gasteiger partial charge in [-0.05, 0) is 30.0 Å². The Labute approximate surface area is 114 Å². The van der Waals surface area contributed by atoms with Crippen LogP contribution in [0.3, 0.4) is 0 Å². The molecule has 1 saturated heterocycles. The first-order valence-electron chi connectivity index (χ1n) is 7.03. The molecular weight excluding hydrogens is 244 g/mol. The van der Waals surface area contributed by atoms with Gasteiger partial charge in [0, 0.05) is 37.2 Å². The first-order chi connectivity index (χ1) is 8.83. The zero-order valence-electron chi connectivity index (χ0n) is 10.7. The number of piperazine rings is 1. The molecule has 0 unspecified atom stereocenters. The number of halogens is 1. The molecule has 1 aromatic rings. The normalized spacial score (nSPS) is 22.9. The summed E-state index contributed by atoms with van der Waals surface area (Å²) in [4.78, 5) is 2.64. The largest absolute Gasteiger partial charge is 0.314 e. The molecule has 3 rings (SSSR count). The number of rotatable bonds is 4. The minimum Gasteiger partial charge on any atom is -0.314 e. The van der Waals surface area contributed by atoms with Gasteiger partial charge in [0.15, 0.2) is 0 Å². The smallest absolute Gasteiger partial charge is 0.0406 e. The molecule has 1 atom stereocenters. The van der Waals surface area contributed by atoms with E-state index in [0.29, 0.717) is 6.04 Å². The summed E-state index contributed by atoms with van der Waals surface area (Å²) in [5, 5.41) is 4.27. The third-order valence-electron chi connectivity index (χ3n) is 4.10. The molecule has 1 heterocycles. The molecule has 0 amide bonds. The standard InChI is InChI=1S/C15H21ClN2/c16-14-5-3-13(4-6-14)15(11-12-1-2-12)18-9-7-17-8-10-18/h3-6,12,15,17H,1-2,7-11H2/t15-/m1/s1. The fraction of sp³-hybridized carbons (Fsp3) is 0.600. The molecule has 1 aliphatic carbocycles. The molecule has 0 radical (unpaired) electrons. The van der Waals surface area contributed by atoms with Crippen molar-refractivity contribution in [2.24, 2.45) is 5.92 Å². The van der Waals surface area contributed by atoms with Gasteiger partial charge in [-0.25, -0.2) is 0 Å². The Morgan fingerprint density at radius 3 is 2.44 bits per heavy atom. The second-order valence-electron chi connectivity index (χ2n) is 5.53. The van der Waals surface area contributed by atoms with Crippen molar-refractivity contribution in [2.45, 2.75) is 25.3 Å². The number of benzene rings is 1. The number of hydrogen-bond donors (Lipinski definition) is 1. The lowest BCUT2D eigenvalue weighted by Gasteiger charge is -2.35. The molecule has 0 spiro atoms. The predicted molar refractivity (Wildman–Crippen MR) is 76.0 cm³/mol. The lowest BCUT2D eigenvalue weighted by molar-refractivity contribution is 0.160. The van der Waals surface area contributed by atoms with E-state index < -0.39 is 0 Å². The van der Waals surface area contributed by atoms with E-state index in [2.05, 4.69) is 22.3 Å². The van der Waals surface area contributed by atoms with Crippen LogP contribution in [0.4, 0.5) is 0 Å². The van der Waals surface area contributed by atoms with Gasteiger partial charge in [-0.1, -0.05) is 36.6 Å². The van der Waals surface area contributed by atoms with Crippen molar-refractivity contribution >= 4 is 11.6 Å². The minimum absolute atomic E-state index is 0.594. The minimum atomic E-state index is 0.594. The van der Waals surface area contributed by atoms with Crippen molar-refractivity contribution in [1.82, 2.24) is 10.2 Å². The average Bonchev–Trinajstić information content (AvgIpc) is 3.22. The van der Waals surface area contributed by atoms with E-state index in [-0.39, 0.29) is 0 Å². The lowest BCUT2D eigenvalue weighted by Crippen LogP contribution is -2.45. The van der Waals surface area contributed by atoms with Gasteiger partial charge in [0.25, 0.3) is 0 Å². The maximum Gasteiger partial charge on any atom is 0.0406 e. The molecule has 0 aromatic heterocycles. The maximum absolute atomic E-state index is 6.00.